The molecule has 32 heavy (non-hydrogen) atoms. The summed E-state index contributed by atoms with van der Waals surface area (Å²) in [5, 5.41) is 2.29. The van der Waals surface area contributed by atoms with Gasteiger partial charge in [-0.05, 0) is 79.6 Å². The van der Waals surface area contributed by atoms with E-state index in [0.29, 0.717) is 11.6 Å². The summed E-state index contributed by atoms with van der Waals surface area (Å²) in [6, 6.07) is 11.3. The van der Waals surface area contributed by atoms with Gasteiger partial charge in [-0.2, -0.15) is 13.2 Å². The molecule has 0 saturated heterocycles. The first-order chi connectivity index (χ1) is 14.9. The molecule has 3 aromatic rings. The molecule has 0 aliphatic heterocycles. The fourth-order valence-electron chi connectivity index (χ4n) is 2.83. The number of carbonyl (C=O) groups is 1. The van der Waals surface area contributed by atoms with Crippen LogP contribution in [0.15, 0.2) is 65.6 Å². The molecule has 0 aliphatic carbocycles. The third-order valence-corrected chi connectivity index (χ3v) is 6.09. The van der Waals surface area contributed by atoms with Crippen molar-refractivity contribution in [3.8, 4) is 0 Å². The van der Waals surface area contributed by atoms with Crippen LogP contribution in [0.25, 0.3) is 0 Å². The molecular weight excluding hydrogens is 448 g/mol. The average molecular weight is 466 g/mol. The van der Waals surface area contributed by atoms with Gasteiger partial charge in [0.1, 0.15) is 5.82 Å². The number of aryl methyl sites for hydroxylation is 2. The van der Waals surface area contributed by atoms with Crippen LogP contribution in [0.4, 0.5) is 28.9 Å². The molecule has 3 rings (SSSR count). The van der Waals surface area contributed by atoms with E-state index in [-0.39, 0.29) is 16.1 Å². The number of amides is 1. The maximum atomic E-state index is 13.6. The zero-order chi connectivity index (χ0) is 23.7. The Balaban J connectivity index is 1.92. The number of alkyl halides is 3. The number of carbonyl (C=O) groups excluding carboxylic acids is 1. The molecule has 10 heteroatoms. The second-order valence-electron chi connectivity index (χ2n) is 7.07. The summed E-state index contributed by atoms with van der Waals surface area (Å²) in [5.74, 6) is -1.32. The molecule has 0 fully saturated rings. The fourth-order valence-corrected chi connectivity index (χ4v) is 4.00. The summed E-state index contributed by atoms with van der Waals surface area (Å²) in [5.41, 5.74) is -0.624. The van der Waals surface area contributed by atoms with E-state index in [9.17, 15) is 30.8 Å². The lowest BCUT2D eigenvalue weighted by molar-refractivity contribution is -0.136. The van der Waals surface area contributed by atoms with Crippen LogP contribution in [0.5, 0.6) is 0 Å². The van der Waals surface area contributed by atoms with Crippen LogP contribution in [-0.4, -0.2) is 14.3 Å². The predicted octanol–water partition coefficient (Wildman–Crippen LogP) is 5.51. The summed E-state index contributed by atoms with van der Waals surface area (Å²) in [6.45, 7) is 3.47. The van der Waals surface area contributed by atoms with Gasteiger partial charge in [-0.25, -0.2) is 12.8 Å². The Bertz CT molecular complexity index is 1270. The van der Waals surface area contributed by atoms with E-state index in [1.54, 1.807) is 19.9 Å². The van der Waals surface area contributed by atoms with Gasteiger partial charge in [0.15, 0.2) is 0 Å². The molecule has 0 unspecified atom stereocenters. The lowest BCUT2D eigenvalue weighted by Gasteiger charge is -2.17. The molecule has 2 N–H and O–H groups in total. The topological polar surface area (TPSA) is 75.3 Å². The van der Waals surface area contributed by atoms with Gasteiger partial charge in [-0.15, -0.1) is 0 Å². The van der Waals surface area contributed by atoms with E-state index in [0.717, 1.165) is 29.8 Å². The minimum absolute atomic E-state index is 0.0412. The van der Waals surface area contributed by atoms with Gasteiger partial charge in [-0.1, -0.05) is 6.07 Å². The fraction of sp³-hybridized carbons (Fsp3) is 0.136. The molecule has 1 amide bonds. The van der Waals surface area contributed by atoms with Crippen LogP contribution < -0.4 is 10.0 Å². The summed E-state index contributed by atoms with van der Waals surface area (Å²) < 4.78 is 81.2. The standard InChI is InChI=1S/C22H18F4N2O3S/c1-13-3-9-18(11-14(13)2)32(30,31)28-20-10-8-17(12-19(20)22(24,25)26)27-21(29)15-4-6-16(23)7-5-15/h3-12,28H,1-2H3,(H,27,29). The lowest BCUT2D eigenvalue weighted by atomic mass is 10.1. The van der Waals surface area contributed by atoms with Gasteiger partial charge >= 0.3 is 6.18 Å². The van der Waals surface area contributed by atoms with E-state index in [4.69, 9.17) is 0 Å². The summed E-state index contributed by atoms with van der Waals surface area (Å²) in [6.07, 6.45) is -4.91. The van der Waals surface area contributed by atoms with E-state index in [1.165, 1.54) is 24.3 Å². The number of halogens is 4. The zero-order valence-electron chi connectivity index (χ0n) is 16.9. The SMILES string of the molecule is Cc1ccc(S(=O)(=O)Nc2ccc(NC(=O)c3ccc(F)cc3)cc2C(F)(F)F)cc1C. The Morgan fingerprint density at radius 3 is 2.12 bits per heavy atom. The number of hydrogen-bond acceptors (Lipinski definition) is 3. The van der Waals surface area contributed by atoms with E-state index >= 15 is 0 Å². The highest BCUT2D eigenvalue weighted by atomic mass is 32.2. The number of benzene rings is 3. The highest BCUT2D eigenvalue weighted by Crippen LogP contribution is 2.37. The monoisotopic (exact) mass is 466 g/mol. The van der Waals surface area contributed by atoms with Crippen molar-refractivity contribution < 1.29 is 30.8 Å². The third kappa shape index (κ3) is 5.25. The highest BCUT2D eigenvalue weighted by Gasteiger charge is 2.35. The lowest BCUT2D eigenvalue weighted by Crippen LogP contribution is -2.18. The molecule has 0 bridgehead atoms. The predicted molar refractivity (Wildman–Crippen MR) is 113 cm³/mol. The summed E-state index contributed by atoms with van der Waals surface area (Å²) >= 11 is 0. The summed E-state index contributed by atoms with van der Waals surface area (Å²) in [7, 11) is -4.29. The first-order valence-corrected chi connectivity index (χ1v) is 10.7. The van der Waals surface area contributed by atoms with Crippen LogP contribution >= 0.6 is 0 Å². The molecule has 0 aromatic heterocycles. The average Bonchev–Trinajstić information content (AvgIpc) is 2.70. The second kappa shape index (κ2) is 8.62. The Morgan fingerprint density at radius 1 is 0.875 bits per heavy atom. The Hall–Kier alpha value is -3.40. The minimum Gasteiger partial charge on any atom is -0.322 e. The largest absolute Gasteiger partial charge is 0.418 e. The van der Waals surface area contributed by atoms with Crippen molar-refractivity contribution in [3.05, 3.63) is 88.7 Å². The van der Waals surface area contributed by atoms with Crippen LogP contribution in [0.3, 0.4) is 0 Å². The molecule has 168 valence electrons. The normalized spacial score (nSPS) is 11.8. The number of nitrogens with one attached hydrogen (secondary N) is 2. The second-order valence-corrected chi connectivity index (χ2v) is 8.75. The van der Waals surface area contributed by atoms with Crippen molar-refractivity contribution in [2.45, 2.75) is 24.9 Å². The molecule has 0 heterocycles. The van der Waals surface area contributed by atoms with Crippen molar-refractivity contribution >= 4 is 27.3 Å². The summed E-state index contributed by atoms with van der Waals surface area (Å²) in [4.78, 5) is 12.0. The first kappa shape index (κ1) is 23.3. The van der Waals surface area contributed by atoms with Crippen LogP contribution in [0.1, 0.15) is 27.0 Å². The molecule has 0 saturated carbocycles. The maximum Gasteiger partial charge on any atom is 0.418 e. The Morgan fingerprint density at radius 2 is 1.53 bits per heavy atom. The molecule has 3 aromatic carbocycles. The van der Waals surface area contributed by atoms with Gasteiger partial charge in [0.2, 0.25) is 0 Å². The van der Waals surface area contributed by atoms with Gasteiger partial charge in [0.25, 0.3) is 15.9 Å². The quantitative estimate of drug-likeness (QED) is 0.487. The van der Waals surface area contributed by atoms with Gasteiger partial charge in [-0.3, -0.25) is 9.52 Å². The van der Waals surface area contributed by atoms with E-state index in [1.807, 2.05) is 4.72 Å². The number of sulfonamides is 1. The zero-order valence-corrected chi connectivity index (χ0v) is 17.7. The molecule has 0 aliphatic rings. The van der Waals surface area contributed by atoms with Crippen molar-refractivity contribution in [1.82, 2.24) is 0 Å². The first-order valence-electron chi connectivity index (χ1n) is 9.25. The maximum absolute atomic E-state index is 13.6. The van der Waals surface area contributed by atoms with Crippen molar-refractivity contribution in [3.63, 3.8) is 0 Å². The highest BCUT2D eigenvalue weighted by molar-refractivity contribution is 7.92. The molecule has 5 nitrogen and oxygen atoms in total. The third-order valence-electron chi connectivity index (χ3n) is 4.72. The van der Waals surface area contributed by atoms with Crippen molar-refractivity contribution in [1.29, 1.82) is 0 Å². The van der Waals surface area contributed by atoms with E-state index < -0.39 is 39.2 Å². The van der Waals surface area contributed by atoms with Gasteiger partial charge < -0.3 is 5.32 Å². The number of anilines is 2. The smallest absolute Gasteiger partial charge is 0.322 e. The molecule has 0 radical (unpaired) electrons. The van der Waals surface area contributed by atoms with Crippen LogP contribution in [-0.2, 0) is 16.2 Å². The van der Waals surface area contributed by atoms with E-state index in [2.05, 4.69) is 5.32 Å². The number of hydrogen-bond donors (Lipinski definition) is 2. The van der Waals surface area contributed by atoms with Crippen LogP contribution in [0.2, 0.25) is 0 Å². The molecule has 0 atom stereocenters. The van der Waals surface area contributed by atoms with Crippen molar-refractivity contribution in [2.75, 3.05) is 10.0 Å². The van der Waals surface area contributed by atoms with Gasteiger partial charge in [0, 0.05) is 11.3 Å². The minimum atomic E-state index is -4.91. The van der Waals surface area contributed by atoms with Gasteiger partial charge in [0.05, 0.1) is 16.1 Å². The Kier molecular flexibility index (Phi) is 6.27. The Labute approximate surface area is 182 Å². The number of rotatable bonds is 5. The van der Waals surface area contributed by atoms with Crippen LogP contribution in [0, 0.1) is 19.7 Å². The van der Waals surface area contributed by atoms with Crippen molar-refractivity contribution in [2.24, 2.45) is 0 Å². The molecular formula is C22H18F4N2O3S. The molecule has 0 spiro atoms.